The van der Waals surface area contributed by atoms with Crippen molar-refractivity contribution in [1.82, 2.24) is 0 Å². The SMILES string of the molecule is CSc1cc(O)ccc1NC(=O)Nc1cc(C(N)=O)ccc1N(C)C. The molecule has 0 aliphatic carbocycles. The second-order valence-corrected chi connectivity index (χ2v) is 6.30. The first kappa shape index (κ1) is 18.5. The molecule has 0 spiro atoms. The van der Waals surface area contributed by atoms with E-state index in [-0.39, 0.29) is 5.75 Å². The monoisotopic (exact) mass is 360 g/mol. The molecule has 0 heterocycles. The number of rotatable bonds is 5. The third-order valence-corrected chi connectivity index (χ3v) is 4.22. The van der Waals surface area contributed by atoms with E-state index in [1.165, 1.54) is 23.9 Å². The summed E-state index contributed by atoms with van der Waals surface area (Å²) in [5.41, 5.74) is 7.37. The highest BCUT2D eigenvalue weighted by molar-refractivity contribution is 7.98. The van der Waals surface area contributed by atoms with Crippen LogP contribution in [0.1, 0.15) is 10.4 Å². The second kappa shape index (κ2) is 7.80. The topological polar surface area (TPSA) is 108 Å². The lowest BCUT2D eigenvalue weighted by atomic mass is 10.1. The largest absolute Gasteiger partial charge is 0.508 e. The smallest absolute Gasteiger partial charge is 0.323 e. The van der Waals surface area contributed by atoms with Gasteiger partial charge in [-0.25, -0.2) is 4.79 Å². The summed E-state index contributed by atoms with van der Waals surface area (Å²) in [5, 5.41) is 15.0. The Labute approximate surface area is 150 Å². The number of hydrogen-bond acceptors (Lipinski definition) is 5. The van der Waals surface area contributed by atoms with E-state index in [0.29, 0.717) is 16.9 Å². The summed E-state index contributed by atoms with van der Waals surface area (Å²) in [5.74, 6) is -0.448. The van der Waals surface area contributed by atoms with Gasteiger partial charge in [-0.15, -0.1) is 11.8 Å². The molecule has 0 saturated heterocycles. The van der Waals surface area contributed by atoms with Crippen LogP contribution in [-0.4, -0.2) is 37.4 Å². The quantitative estimate of drug-likeness (QED) is 0.484. The van der Waals surface area contributed by atoms with Gasteiger partial charge in [-0.3, -0.25) is 4.79 Å². The average molecular weight is 360 g/mol. The lowest BCUT2D eigenvalue weighted by Crippen LogP contribution is -2.22. The number of nitrogens with two attached hydrogens (primary N) is 1. The molecule has 132 valence electrons. The summed E-state index contributed by atoms with van der Waals surface area (Å²) in [7, 11) is 3.66. The summed E-state index contributed by atoms with van der Waals surface area (Å²) < 4.78 is 0. The molecule has 0 unspecified atom stereocenters. The maximum Gasteiger partial charge on any atom is 0.323 e. The molecular weight excluding hydrogens is 340 g/mol. The standard InChI is InChI=1S/C17H20N4O3S/c1-21(2)14-7-4-10(16(18)23)8-13(14)20-17(24)19-12-6-5-11(22)9-15(12)25-3/h4-9,22H,1-3H3,(H2,18,23)(H2,19,20,24). The Morgan fingerprint density at radius 2 is 1.76 bits per heavy atom. The van der Waals surface area contributed by atoms with Crippen LogP contribution in [0.5, 0.6) is 5.75 Å². The van der Waals surface area contributed by atoms with Gasteiger partial charge in [0.2, 0.25) is 5.91 Å². The van der Waals surface area contributed by atoms with E-state index in [2.05, 4.69) is 10.6 Å². The van der Waals surface area contributed by atoms with E-state index in [4.69, 9.17) is 5.73 Å². The van der Waals surface area contributed by atoms with Gasteiger partial charge in [0.1, 0.15) is 5.75 Å². The summed E-state index contributed by atoms with van der Waals surface area (Å²) in [6.45, 7) is 0. The normalized spacial score (nSPS) is 10.2. The lowest BCUT2D eigenvalue weighted by Gasteiger charge is -2.19. The maximum absolute atomic E-state index is 12.4. The molecule has 0 fully saturated rings. The number of nitrogens with one attached hydrogen (secondary N) is 2. The van der Waals surface area contributed by atoms with Crippen molar-refractivity contribution in [3.8, 4) is 5.75 Å². The van der Waals surface area contributed by atoms with Gasteiger partial charge in [0.15, 0.2) is 0 Å². The number of urea groups is 1. The first-order chi connectivity index (χ1) is 11.8. The predicted molar refractivity (Wildman–Crippen MR) is 102 cm³/mol. The van der Waals surface area contributed by atoms with Crippen LogP contribution in [0.15, 0.2) is 41.3 Å². The van der Waals surface area contributed by atoms with Crippen molar-refractivity contribution < 1.29 is 14.7 Å². The van der Waals surface area contributed by atoms with Crippen LogP contribution in [0.2, 0.25) is 0 Å². The Morgan fingerprint density at radius 1 is 1.08 bits per heavy atom. The number of amides is 3. The molecule has 25 heavy (non-hydrogen) atoms. The van der Waals surface area contributed by atoms with Crippen molar-refractivity contribution >= 4 is 40.8 Å². The zero-order valence-electron chi connectivity index (χ0n) is 14.2. The number of benzene rings is 2. The van der Waals surface area contributed by atoms with Gasteiger partial charge < -0.3 is 26.4 Å². The number of carbonyl (C=O) groups excluding carboxylic acids is 2. The molecule has 0 atom stereocenters. The van der Waals surface area contributed by atoms with Gasteiger partial charge in [0.25, 0.3) is 0 Å². The number of thioether (sulfide) groups is 1. The Hall–Kier alpha value is -2.87. The number of phenolic OH excluding ortho intramolecular Hbond substituents is 1. The molecule has 0 radical (unpaired) electrons. The highest BCUT2D eigenvalue weighted by Crippen LogP contribution is 2.30. The van der Waals surface area contributed by atoms with Gasteiger partial charge in [-0.2, -0.15) is 0 Å². The molecule has 7 nitrogen and oxygen atoms in total. The molecule has 0 saturated carbocycles. The van der Waals surface area contributed by atoms with Crippen molar-refractivity contribution in [2.24, 2.45) is 5.73 Å². The van der Waals surface area contributed by atoms with Gasteiger partial charge in [-0.1, -0.05) is 0 Å². The third-order valence-electron chi connectivity index (χ3n) is 3.44. The van der Waals surface area contributed by atoms with Gasteiger partial charge in [0.05, 0.1) is 17.1 Å². The van der Waals surface area contributed by atoms with Crippen LogP contribution < -0.4 is 21.3 Å². The van der Waals surface area contributed by atoms with E-state index in [1.807, 2.05) is 25.3 Å². The number of nitrogens with zero attached hydrogens (tertiary/aromatic N) is 1. The van der Waals surface area contributed by atoms with E-state index < -0.39 is 11.9 Å². The molecule has 8 heteroatoms. The fraction of sp³-hybridized carbons (Fsp3) is 0.176. The first-order valence-corrected chi connectivity index (χ1v) is 8.60. The summed E-state index contributed by atoms with van der Waals surface area (Å²) in [6.07, 6.45) is 1.85. The fourth-order valence-corrected chi connectivity index (χ4v) is 2.82. The van der Waals surface area contributed by atoms with Crippen molar-refractivity contribution in [3.05, 3.63) is 42.0 Å². The van der Waals surface area contributed by atoms with Crippen molar-refractivity contribution in [2.75, 3.05) is 35.9 Å². The number of carbonyl (C=O) groups is 2. The fourth-order valence-electron chi connectivity index (χ4n) is 2.24. The Kier molecular flexibility index (Phi) is 5.76. The second-order valence-electron chi connectivity index (χ2n) is 5.45. The van der Waals surface area contributed by atoms with E-state index in [0.717, 1.165) is 10.6 Å². The highest BCUT2D eigenvalue weighted by Gasteiger charge is 2.13. The number of anilines is 3. The first-order valence-electron chi connectivity index (χ1n) is 7.38. The molecule has 5 N–H and O–H groups in total. The molecule has 2 aromatic carbocycles. The minimum absolute atomic E-state index is 0.124. The average Bonchev–Trinajstić information content (AvgIpc) is 2.55. The number of primary amides is 1. The van der Waals surface area contributed by atoms with Crippen molar-refractivity contribution in [3.63, 3.8) is 0 Å². The predicted octanol–water partition coefficient (Wildman–Crippen LogP) is 2.92. The highest BCUT2D eigenvalue weighted by atomic mass is 32.2. The van der Waals surface area contributed by atoms with Crippen LogP contribution in [0.25, 0.3) is 0 Å². The van der Waals surface area contributed by atoms with Crippen molar-refractivity contribution in [2.45, 2.75) is 4.90 Å². The minimum Gasteiger partial charge on any atom is -0.508 e. The molecule has 0 aromatic heterocycles. The van der Waals surface area contributed by atoms with Crippen LogP contribution >= 0.6 is 11.8 Å². The lowest BCUT2D eigenvalue weighted by molar-refractivity contribution is 0.100. The zero-order valence-corrected chi connectivity index (χ0v) is 15.0. The zero-order chi connectivity index (χ0) is 18.6. The van der Waals surface area contributed by atoms with Crippen LogP contribution in [-0.2, 0) is 0 Å². The molecule has 0 aliphatic rings. The van der Waals surface area contributed by atoms with Crippen LogP contribution in [0.3, 0.4) is 0 Å². The minimum atomic E-state index is -0.572. The van der Waals surface area contributed by atoms with Gasteiger partial charge >= 0.3 is 6.03 Å². The van der Waals surface area contributed by atoms with Crippen molar-refractivity contribution in [1.29, 1.82) is 0 Å². The Balaban J connectivity index is 2.25. The summed E-state index contributed by atoms with van der Waals surface area (Å²) in [4.78, 5) is 26.3. The van der Waals surface area contributed by atoms with E-state index in [9.17, 15) is 14.7 Å². The summed E-state index contributed by atoms with van der Waals surface area (Å²) in [6, 6.07) is 9.06. The molecule has 0 aliphatic heterocycles. The number of hydrogen-bond donors (Lipinski definition) is 4. The molecule has 2 rings (SSSR count). The van der Waals surface area contributed by atoms with Gasteiger partial charge in [0, 0.05) is 24.6 Å². The van der Waals surface area contributed by atoms with Crippen LogP contribution in [0.4, 0.5) is 21.9 Å². The molecule has 2 aromatic rings. The van der Waals surface area contributed by atoms with Gasteiger partial charge in [-0.05, 0) is 42.7 Å². The molecule has 3 amide bonds. The molecule has 0 bridgehead atoms. The summed E-state index contributed by atoms with van der Waals surface area (Å²) >= 11 is 1.40. The number of phenols is 1. The Bertz CT molecular complexity index is 808. The maximum atomic E-state index is 12.4. The third kappa shape index (κ3) is 4.57. The van der Waals surface area contributed by atoms with E-state index >= 15 is 0 Å². The molecular formula is C17H20N4O3S. The Morgan fingerprint density at radius 3 is 2.36 bits per heavy atom. The number of aromatic hydroxyl groups is 1. The van der Waals surface area contributed by atoms with E-state index in [1.54, 1.807) is 24.3 Å². The van der Waals surface area contributed by atoms with Crippen LogP contribution in [0, 0.1) is 0 Å².